The highest BCUT2D eigenvalue weighted by Gasteiger charge is 2.10. The van der Waals surface area contributed by atoms with Crippen LogP contribution in [0.15, 0.2) is 36.5 Å². The zero-order chi connectivity index (χ0) is 14.7. The lowest BCUT2D eigenvalue weighted by Crippen LogP contribution is -2.16. The number of hydrogen-bond acceptors (Lipinski definition) is 3. The standard InChI is InChI=1S/C15H15N3O2/c1-9-4-3-5-12(10(9)2)18-15(20)11-6-7-13(14(16)19)17-8-11/h3-8H,1-2H3,(H2,16,19)(H,18,20). The van der Waals surface area contributed by atoms with Crippen LogP contribution >= 0.6 is 0 Å². The molecule has 5 heteroatoms. The fourth-order valence-corrected chi connectivity index (χ4v) is 1.75. The Morgan fingerprint density at radius 1 is 1.15 bits per heavy atom. The summed E-state index contributed by atoms with van der Waals surface area (Å²) in [4.78, 5) is 26.9. The third-order valence-electron chi connectivity index (χ3n) is 3.13. The van der Waals surface area contributed by atoms with E-state index in [4.69, 9.17) is 5.73 Å². The molecule has 2 amide bonds. The Morgan fingerprint density at radius 3 is 2.50 bits per heavy atom. The van der Waals surface area contributed by atoms with Crippen LogP contribution < -0.4 is 11.1 Å². The average molecular weight is 269 g/mol. The Labute approximate surface area is 116 Å². The second-order valence-electron chi connectivity index (χ2n) is 4.50. The summed E-state index contributed by atoms with van der Waals surface area (Å²) in [7, 11) is 0. The largest absolute Gasteiger partial charge is 0.364 e. The molecule has 102 valence electrons. The van der Waals surface area contributed by atoms with E-state index in [-0.39, 0.29) is 11.6 Å². The van der Waals surface area contributed by atoms with Gasteiger partial charge in [0.05, 0.1) is 5.56 Å². The monoisotopic (exact) mass is 269 g/mol. The van der Waals surface area contributed by atoms with Gasteiger partial charge in [-0.25, -0.2) is 0 Å². The van der Waals surface area contributed by atoms with Crippen molar-refractivity contribution in [2.75, 3.05) is 5.32 Å². The molecule has 3 N–H and O–H groups in total. The number of benzene rings is 1. The predicted molar refractivity (Wildman–Crippen MR) is 76.6 cm³/mol. The number of carbonyl (C=O) groups excluding carboxylic acids is 2. The smallest absolute Gasteiger partial charge is 0.267 e. The molecule has 0 aliphatic rings. The molecule has 0 spiro atoms. The maximum Gasteiger partial charge on any atom is 0.267 e. The van der Waals surface area contributed by atoms with E-state index in [0.29, 0.717) is 5.56 Å². The van der Waals surface area contributed by atoms with E-state index < -0.39 is 5.91 Å². The van der Waals surface area contributed by atoms with Gasteiger partial charge in [0.15, 0.2) is 0 Å². The van der Waals surface area contributed by atoms with Gasteiger partial charge in [0.2, 0.25) is 0 Å². The van der Waals surface area contributed by atoms with E-state index in [1.54, 1.807) is 0 Å². The third kappa shape index (κ3) is 2.83. The first-order valence-electron chi connectivity index (χ1n) is 6.12. The van der Waals surface area contributed by atoms with Crippen LogP contribution in [0.25, 0.3) is 0 Å². The fraction of sp³-hybridized carbons (Fsp3) is 0.133. The predicted octanol–water partition coefficient (Wildman–Crippen LogP) is 2.05. The van der Waals surface area contributed by atoms with Gasteiger partial charge in [0, 0.05) is 11.9 Å². The third-order valence-corrected chi connectivity index (χ3v) is 3.13. The van der Waals surface area contributed by atoms with Crippen molar-refractivity contribution in [2.45, 2.75) is 13.8 Å². The number of nitrogens with one attached hydrogen (secondary N) is 1. The van der Waals surface area contributed by atoms with E-state index in [1.165, 1.54) is 18.3 Å². The molecule has 20 heavy (non-hydrogen) atoms. The summed E-state index contributed by atoms with van der Waals surface area (Å²) >= 11 is 0. The number of aromatic nitrogens is 1. The van der Waals surface area contributed by atoms with Crippen molar-refractivity contribution in [3.05, 3.63) is 58.9 Å². The molecular weight excluding hydrogens is 254 g/mol. The van der Waals surface area contributed by atoms with Gasteiger partial charge in [0.1, 0.15) is 5.69 Å². The number of aryl methyl sites for hydroxylation is 1. The summed E-state index contributed by atoms with van der Waals surface area (Å²) < 4.78 is 0. The van der Waals surface area contributed by atoms with Crippen molar-refractivity contribution in [2.24, 2.45) is 5.73 Å². The van der Waals surface area contributed by atoms with Gasteiger partial charge in [-0.3, -0.25) is 14.6 Å². The van der Waals surface area contributed by atoms with Crippen molar-refractivity contribution >= 4 is 17.5 Å². The van der Waals surface area contributed by atoms with Gasteiger partial charge in [-0.1, -0.05) is 12.1 Å². The van der Waals surface area contributed by atoms with E-state index in [2.05, 4.69) is 10.3 Å². The molecule has 0 aliphatic heterocycles. The average Bonchev–Trinajstić information content (AvgIpc) is 2.44. The quantitative estimate of drug-likeness (QED) is 0.894. The molecule has 0 atom stereocenters. The topological polar surface area (TPSA) is 85.1 Å². The Morgan fingerprint density at radius 2 is 1.90 bits per heavy atom. The lowest BCUT2D eigenvalue weighted by Gasteiger charge is -2.10. The molecule has 2 aromatic rings. The van der Waals surface area contributed by atoms with Gasteiger partial charge in [0.25, 0.3) is 11.8 Å². The van der Waals surface area contributed by atoms with Gasteiger partial charge in [-0.15, -0.1) is 0 Å². The summed E-state index contributed by atoms with van der Waals surface area (Å²) in [6, 6.07) is 8.65. The highest BCUT2D eigenvalue weighted by atomic mass is 16.2. The maximum atomic E-state index is 12.1. The number of primary amides is 1. The van der Waals surface area contributed by atoms with Crippen LogP contribution in [0, 0.1) is 13.8 Å². The van der Waals surface area contributed by atoms with E-state index in [1.807, 2.05) is 32.0 Å². The number of anilines is 1. The molecule has 1 aromatic heterocycles. The SMILES string of the molecule is Cc1cccc(NC(=O)c2ccc(C(N)=O)nc2)c1C. The lowest BCUT2D eigenvalue weighted by molar-refractivity contribution is 0.0990. The highest BCUT2D eigenvalue weighted by Crippen LogP contribution is 2.18. The molecule has 0 aliphatic carbocycles. The number of nitrogens with two attached hydrogens (primary N) is 1. The number of rotatable bonds is 3. The van der Waals surface area contributed by atoms with Crippen molar-refractivity contribution in [1.29, 1.82) is 0 Å². The van der Waals surface area contributed by atoms with Gasteiger partial charge >= 0.3 is 0 Å². The van der Waals surface area contributed by atoms with E-state index in [9.17, 15) is 9.59 Å². The van der Waals surface area contributed by atoms with Crippen LogP contribution in [-0.4, -0.2) is 16.8 Å². The summed E-state index contributed by atoms with van der Waals surface area (Å²) in [6.07, 6.45) is 1.33. The Balaban J connectivity index is 2.20. The van der Waals surface area contributed by atoms with Crippen molar-refractivity contribution in [3.63, 3.8) is 0 Å². The number of nitrogens with zero attached hydrogens (tertiary/aromatic N) is 1. The van der Waals surface area contributed by atoms with Crippen LogP contribution in [0.5, 0.6) is 0 Å². The zero-order valence-corrected chi connectivity index (χ0v) is 11.3. The highest BCUT2D eigenvalue weighted by molar-refractivity contribution is 6.04. The second-order valence-corrected chi connectivity index (χ2v) is 4.50. The fourth-order valence-electron chi connectivity index (χ4n) is 1.75. The molecule has 0 saturated carbocycles. The normalized spacial score (nSPS) is 10.1. The molecule has 0 bridgehead atoms. The number of carbonyl (C=O) groups is 2. The van der Waals surface area contributed by atoms with Crippen molar-refractivity contribution in [3.8, 4) is 0 Å². The number of pyridine rings is 1. The molecule has 0 radical (unpaired) electrons. The Hall–Kier alpha value is -2.69. The second kappa shape index (κ2) is 5.52. The van der Waals surface area contributed by atoms with Crippen LogP contribution in [0.2, 0.25) is 0 Å². The first-order valence-corrected chi connectivity index (χ1v) is 6.12. The zero-order valence-electron chi connectivity index (χ0n) is 11.3. The molecule has 0 saturated heterocycles. The first kappa shape index (κ1) is 13.7. The minimum atomic E-state index is -0.619. The first-order chi connectivity index (χ1) is 9.49. The molecule has 2 rings (SSSR count). The summed E-state index contributed by atoms with van der Waals surface area (Å²) in [5.41, 5.74) is 8.48. The van der Waals surface area contributed by atoms with Crippen LogP contribution in [0.1, 0.15) is 32.0 Å². The Kier molecular flexibility index (Phi) is 3.79. The molecule has 0 unspecified atom stereocenters. The van der Waals surface area contributed by atoms with Crippen molar-refractivity contribution < 1.29 is 9.59 Å². The molecule has 1 heterocycles. The van der Waals surface area contributed by atoms with E-state index >= 15 is 0 Å². The maximum absolute atomic E-state index is 12.1. The summed E-state index contributed by atoms with van der Waals surface area (Å²) in [5, 5.41) is 2.82. The van der Waals surface area contributed by atoms with Crippen LogP contribution in [0.3, 0.4) is 0 Å². The Bertz CT molecular complexity index is 663. The summed E-state index contributed by atoms with van der Waals surface area (Å²) in [6.45, 7) is 3.92. The minimum absolute atomic E-state index is 0.133. The molecule has 5 nitrogen and oxygen atoms in total. The van der Waals surface area contributed by atoms with Gasteiger partial charge < -0.3 is 11.1 Å². The number of amides is 2. The van der Waals surface area contributed by atoms with Crippen LogP contribution in [0.4, 0.5) is 5.69 Å². The molecular formula is C15H15N3O2. The minimum Gasteiger partial charge on any atom is -0.364 e. The van der Waals surface area contributed by atoms with Gasteiger partial charge in [-0.05, 0) is 43.2 Å². The number of hydrogen-bond donors (Lipinski definition) is 2. The lowest BCUT2D eigenvalue weighted by atomic mass is 10.1. The van der Waals surface area contributed by atoms with Crippen molar-refractivity contribution in [1.82, 2.24) is 4.98 Å². The molecule has 0 fully saturated rings. The summed E-state index contributed by atoms with van der Waals surface area (Å²) in [5.74, 6) is -0.895. The van der Waals surface area contributed by atoms with Crippen LogP contribution in [-0.2, 0) is 0 Å². The van der Waals surface area contributed by atoms with E-state index in [0.717, 1.165) is 16.8 Å². The van der Waals surface area contributed by atoms with Gasteiger partial charge in [-0.2, -0.15) is 0 Å². The molecule has 1 aromatic carbocycles.